The van der Waals surface area contributed by atoms with Gasteiger partial charge in [-0.2, -0.15) is 17.5 Å². The summed E-state index contributed by atoms with van der Waals surface area (Å²) in [5.74, 6) is -2.28. The number of carbonyl (C=O) groups excluding carboxylic acids is 1. The van der Waals surface area contributed by atoms with Crippen LogP contribution in [0.15, 0.2) is 27.6 Å². The van der Waals surface area contributed by atoms with Crippen molar-refractivity contribution in [2.75, 3.05) is 19.7 Å². The Bertz CT molecular complexity index is 752. The summed E-state index contributed by atoms with van der Waals surface area (Å²) in [6, 6.07) is 3.76. The lowest BCUT2D eigenvalue weighted by atomic mass is 9.99. The lowest BCUT2D eigenvalue weighted by Crippen LogP contribution is -2.44. The topological polar surface area (TPSA) is 63.7 Å². The maximum atomic E-state index is 12.9. The Kier molecular flexibility index (Phi) is 6.16. The van der Waals surface area contributed by atoms with Crippen molar-refractivity contribution in [2.24, 2.45) is 5.92 Å². The first-order valence-corrected chi connectivity index (χ1v) is 9.84. The molecular weight excluding hydrogens is 427 g/mol. The van der Waals surface area contributed by atoms with Gasteiger partial charge >= 0.3 is 12.1 Å². The van der Waals surface area contributed by atoms with Crippen molar-refractivity contribution < 1.29 is 31.1 Å². The van der Waals surface area contributed by atoms with E-state index in [9.17, 15) is 26.4 Å². The molecule has 1 aliphatic heterocycles. The Morgan fingerprint density at radius 3 is 2.64 bits per heavy atom. The number of rotatable bonds is 4. The van der Waals surface area contributed by atoms with Crippen LogP contribution in [0.5, 0.6) is 0 Å². The molecule has 25 heavy (non-hydrogen) atoms. The molecule has 1 aromatic carbocycles. The minimum absolute atomic E-state index is 0.0288. The van der Waals surface area contributed by atoms with Crippen LogP contribution in [0.1, 0.15) is 30.1 Å². The minimum Gasteiger partial charge on any atom is -0.462 e. The van der Waals surface area contributed by atoms with Gasteiger partial charge in [0, 0.05) is 17.6 Å². The number of benzene rings is 1. The molecule has 2 rings (SSSR count). The molecule has 1 fully saturated rings. The second-order valence-corrected chi connectivity index (χ2v) is 8.37. The molecule has 1 aromatic rings. The molecule has 1 saturated heterocycles. The van der Waals surface area contributed by atoms with E-state index in [2.05, 4.69) is 15.9 Å². The zero-order chi connectivity index (χ0) is 18.8. The van der Waals surface area contributed by atoms with E-state index in [0.29, 0.717) is 0 Å². The summed E-state index contributed by atoms with van der Waals surface area (Å²) in [7, 11) is -4.11. The fourth-order valence-corrected chi connectivity index (χ4v) is 5.18. The molecule has 0 aliphatic carbocycles. The molecule has 0 saturated carbocycles. The van der Waals surface area contributed by atoms with Crippen LogP contribution >= 0.6 is 15.9 Å². The predicted octanol–water partition coefficient (Wildman–Crippen LogP) is 3.59. The molecule has 0 radical (unpaired) electrons. The van der Waals surface area contributed by atoms with Crippen LogP contribution in [-0.4, -0.2) is 44.6 Å². The number of nitrogens with zero attached hydrogens (tertiary/aromatic N) is 1. The molecule has 1 heterocycles. The van der Waals surface area contributed by atoms with Crippen molar-refractivity contribution in [1.82, 2.24) is 4.31 Å². The van der Waals surface area contributed by atoms with Crippen LogP contribution in [0.4, 0.5) is 13.2 Å². The van der Waals surface area contributed by atoms with E-state index in [4.69, 9.17) is 4.74 Å². The van der Waals surface area contributed by atoms with E-state index in [0.717, 1.165) is 4.31 Å². The largest absolute Gasteiger partial charge is 0.462 e. The lowest BCUT2D eigenvalue weighted by Gasteiger charge is -2.33. The van der Waals surface area contributed by atoms with E-state index in [1.54, 1.807) is 6.92 Å². The molecule has 0 amide bonds. The fourth-order valence-electron chi connectivity index (χ4n) is 2.62. The Morgan fingerprint density at radius 2 is 2.08 bits per heavy atom. The molecule has 1 unspecified atom stereocenters. The second kappa shape index (κ2) is 7.63. The van der Waals surface area contributed by atoms with Crippen molar-refractivity contribution in [3.05, 3.63) is 28.2 Å². The number of alkyl halides is 3. The van der Waals surface area contributed by atoms with Crippen LogP contribution in [-0.2, 0) is 14.8 Å². The molecule has 10 heteroatoms. The van der Waals surface area contributed by atoms with E-state index in [1.165, 1.54) is 18.2 Å². The molecular formula is C15H17BrF3NO4S. The molecule has 1 aliphatic rings. The average molecular weight is 444 g/mol. The highest BCUT2D eigenvalue weighted by atomic mass is 79.9. The van der Waals surface area contributed by atoms with Gasteiger partial charge < -0.3 is 4.74 Å². The number of halogens is 4. The maximum absolute atomic E-state index is 12.9. The van der Waals surface area contributed by atoms with Gasteiger partial charge in [0.15, 0.2) is 0 Å². The SMILES string of the molecule is CCOC(=O)c1ccc(S(=O)(=O)N2CCCC(C(F)(F)F)C2)c(Br)c1. The molecule has 140 valence electrons. The molecule has 0 spiro atoms. The number of ether oxygens (including phenoxy) is 1. The summed E-state index contributed by atoms with van der Waals surface area (Å²) in [6.07, 6.45) is -4.38. The Labute approximate surface area is 152 Å². The van der Waals surface area contributed by atoms with Crippen LogP contribution in [0.3, 0.4) is 0 Å². The fraction of sp³-hybridized carbons (Fsp3) is 0.533. The van der Waals surface area contributed by atoms with Gasteiger partial charge in [0.25, 0.3) is 0 Å². The van der Waals surface area contributed by atoms with Crippen molar-refractivity contribution in [3.63, 3.8) is 0 Å². The quantitative estimate of drug-likeness (QED) is 0.667. The predicted molar refractivity (Wildman–Crippen MR) is 87.6 cm³/mol. The number of hydrogen-bond donors (Lipinski definition) is 0. The van der Waals surface area contributed by atoms with Crippen LogP contribution < -0.4 is 0 Å². The summed E-state index contributed by atoms with van der Waals surface area (Å²) >= 11 is 3.09. The van der Waals surface area contributed by atoms with E-state index < -0.39 is 34.6 Å². The monoisotopic (exact) mass is 443 g/mol. The van der Waals surface area contributed by atoms with Crippen molar-refractivity contribution >= 4 is 31.9 Å². The van der Waals surface area contributed by atoms with Gasteiger partial charge in [-0.25, -0.2) is 13.2 Å². The summed E-state index contributed by atoms with van der Waals surface area (Å²) < 4.78 is 69.9. The highest BCUT2D eigenvalue weighted by Gasteiger charge is 2.44. The number of sulfonamides is 1. The number of esters is 1. The van der Waals surface area contributed by atoms with Gasteiger partial charge in [-0.1, -0.05) is 0 Å². The standard InChI is InChI=1S/C15H17BrF3NO4S/c1-2-24-14(21)10-5-6-13(12(16)8-10)25(22,23)20-7-3-4-11(9-20)15(17,18)19/h5-6,8,11H,2-4,7,9H2,1H3. The smallest absolute Gasteiger partial charge is 0.393 e. The maximum Gasteiger partial charge on any atom is 0.393 e. The normalized spacial score (nSPS) is 19.6. The lowest BCUT2D eigenvalue weighted by molar-refractivity contribution is -0.182. The summed E-state index contributed by atoms with van der Waals surface area (Å²) in [6.45, 7) is 1.24. The first-order valence-electron chi connectivity index (χ1n) is 7.61. The van der Waals surface area contributed by atoms with Crippen LogP contribution in [0.25, 0.3) is 0 Å². The van der Waals surface area contributed by atoms with Gasteiger partial charge in [0.1, 0.15) is 0 Å². The summed E-state index contributed by atoms with van der Waals surface area (Å²) in [5, 5.41) is 0. The van der Waals surface area contributed by atoms with Crippen molar-refractivity contribution in [1.29, 1.82) is 0 Å². The molecule has 0 aromatic heterocycles. The van der Waals surface area contributed by atoms with Crippen molar-refractivity contribution in [3.8, 4) is 0 Å². The highest BCUT2D eigenvalue weighted by Crippen LogP contribution is 2.36. The molecule has 1 atom stereocenters. The molecule has 0 N–H and O–H groups in total. The molecule has 5 nitrogen and oxygen atoms in total. The third kappa shape index (κ3) is 4.53. The molecule has 0 bridgehead atoms. The number of piperidine rings is 1. The zero-order valence-corrected chi connectivity index (χ0v) is 15.7. The third-order valence-electron chi connectivity index (χ3n) is 3.91. The van der Waals surface area contributed by atoms with Crippen molar-refractivity contribution in [2.45, 2.75) is 30.8 Å². The highest BCUT2D eigenvalue weighted by molar-refractivity contribution is 9.10. The number of hydrogen-bond acceptors (Lipinski definition) is 4. The summed E-state index contributed by atoms with van der Waals surface area (Å²) in [5.41, 5.74) is 0.152. The Balaban J connectivity index is 2.29. The van der Waals surface area contributed by atoms with E-state index in [-0.39, 0.29) is 40.9 Å². The Morgan fingerprint density at radius 1 is 1.40 bits per heavy atom. The van der Waals surface area contributed by atoms with E-state index in [1.807, 2.05) is 0 Å². The Hall–Kier alpha value is -1.13. The van der Waals surface area contributed by atoms with Gasteiger partial charge in [-0.05, 0) is 53.9 Å². The van der Waals surface area contributed by atoms with Crippen LogP contribution in [0.2, 0.25) is 0 Å². The number of carbonyl (C=O) groups is 1. The van der Waals surface area contributed by atoms with Gasteiger partial charge in [0.05, 0.1) is 23.0 Å². The van der Waals surface area contributed by atoms with Gasteiger partial charge in [0.2, 0.25) is 10.0 Å². The third-order valence-corrected chi connectivity index (χ3v) is 6.75. The first-order chi connectivity index (χ1) is 11.6. The second-order valence-electron chi connectivity index (χ2n) is 5.61. The van der Waals surface area contributed by atoms with Gasteiger partial charge in [-0.15, -0.1) is 0 Å². The summed E-state index contributed by atoms with van der Waals surface area (Å²) in [4.78, 5) is 11.5. The average Bonchev–Trinajstić information content (AvgIpc) is 2.54. The minimum atomic E-state index is -4.43. The van der Waals surface area contributed by atoms with E-state index >= 15 is 0 Å². The van der Waals surface area contributed by atoms with Gasteiger partial charge in [-0.3, -0.25) is 0 Å². The zero-order valence-electron chi connectivity index (χ0n) is 13.3. The van der Waals surface area contributed by atoms with Crippen LogP contribution in [0, 0.1) is 5.92 Å². The first kappa shape index (κ1) is 20.2.